The molecule has 8 nitrogen and oxygen atoms in total. The molecule has 0 unspecified atom stereocenters. The Balaban J connectivity index is 1.25. The number of amides is 1. The predicted octanol–water partition coefficient (Wildman–Crippen LogP) is 1.77. The Bertz CT molecular complexity index is 1080. The summed E-state index contributed by atoms with van der Waals surface area (Å²) in [7, 11) is 1.88. The molecule has 0 atom stereocenters. The zero-order valence-corrected chi connectivity index (χ0v) is 17.6. The van der Waals surface area contributed by atoms with E-state index < -0.39 is 0 Å². The van der Waals surface area contributed by atoms with Crippen LogP contribution in [0.25, 0.3) is 11.0 Å². The maximum absolute atomic E-state index is 13.0. The van der Waals surface area contributed by atoms with Crippen LogP contribution in [0, 0.1) is 6.92 Å². The van der Waals surface area contributed by atoms with Crippen molar-refractivity contribution in [2.24, 2.45) is 7.05 Å². The van der Waals surface area contributed by atoms with Crippen molar-refractivity contribution < 1.29 is 4.79 Å². The van der Waals surface area contributed by atoms with E-state index in [4.69, 9.17) is 0 Å². The van der Waals surface area contributed by atoms with Crippen molar-refractivity contribution in [3.63, 3.8) is 0 Å². The van der Waals surface area contributed by atoms with Crippen LogP contribution in [-0.4, -0.2) is 69.8 Å². The predicted molar refractivity (Wildman–Crippen MR) is 117 cm³/mol. The number of hydrogen-bond donors (Lipinski definition) is 0. The van der Waals surface area contributed by atoms with E-state index in [-0.39, 0.29) is 5.91 Å². The highest BCUT2D eigenvalue weighted by Crippen LogP contribution is 2.28. The summed E-state index contributed by atoms with van der Waals surface area (Å²) in [5.41, 5.74) is 4.70. The van der Waals surface area contributed by atoms with Gasteiger partial charge in [-0.15, -0.1) is 0 Å². The summed E-state index contributed by atoms with van der Waals surface area (Å²) in [5, 5.41) is 5.26. The molecule has 0 aliphatic carbocycles. The molecule has 0 radical (unpaired) electrons. The molecule has 1 fully saturated rings. The molecule has 0 spiro atoms. The van der Waals surface area contributed by atoms with Crippen LogP contribution < -0.4 is 9.80 Å². The number of aromatic nitrogens is 4. The number of rotatable bonds is 3. The van der Waals surface area contributed by atoms with Gasteiger partial charge in [0.2, 0.25) is 5.91 Å². The minimum absolute atomic E-state index is 0.206. The summed E-state index contributed by atoms with van der Waals surface area (Å²) < 4.78 is 1.76. The Morgan fingerprint density at radius 2 is 1.93 bits per heavy atom. The number of piperazine rings is 1. The van der Waals surface area contributed by atoms with Gasteiger partial charge >= 0.3 is 0 Å². The normalized spacial score (nSPS) is 16.8. The zero-order chi connectivity index (χ0) is 20.7. The monoisotopic (exact) mass is 405 g/mol. The number of aryl methyl sites for hydroxylation is 3. The molecule has 2 aliphatic heterocycles. The van der Waals surface area contributed by atoms with Crippen molar-refractivity contribution in [2.45, 2.75) is 19.8 Å². The number of fused-ring (bicyclic) bond motifs is 2. The standard InChI is InChI=1S/C22H27N7O/c1-16-5-6-19-17(12-16)4-3-7-29(19)14-20(30)27-8-10-28(11-9-27)22-18-13-25-26(2)21(18)23-15-24-22/h5-6,12-13,15H,3-4,7-11,14H2,1-2H3. The van der Waals surface area contributed by atoms with Crippen LogP contribution in [0.3, 0.4) is 0 Å². The fourth-order valence-corrected chi connectivity index (χ4v) is 4.60. The third kappa shape index (κ3) is 3.36. The summed E-state index contributed by atoms with van der Waals surface area (Å²) in [4.78, 5) is 28.3. The molecule has 0 N–H and O–H groups in total. The molecule has 0 saturated carbocycles. The molecule has 30 heavy (non-hydrogen) atoms. The third-order valence-electron chi connectivity index (χ3n) is 6.22. The third-order valence-corrected chi connectivity index (χ3v) is 6.22. The summed E-state index contributed by atoms with van der Waals surface area (Å²) in [6, 6.07) is 6.57. The Morgan fingerprint density at radius 3 is 2.77 bits per heavy atom. The Labute approximate surface area is 176 Å². The van der Waals surface area contributed by atoms with Gasteiger partial charge in [0.15, 0.2) is 5.65 Å². The molecular weight excluding hydrogens is 378 g/mol. The first-order chi connectivity index (χ1) is 14.6. The van der Waals surface area contributed by atoms with Gasteiger partial charge in [-0.3, -0.25) is 9.48 Å². The summed E-state index contributed by atoms with van der Waals surface area (Å²) >= 11 is 0. The molecule has 1 saturated heterocycles. The van der Waals surface area contributed by atoms with Gasteiger partial charge in [0.05, 0.1) is 18.1 Å². The topological polar surface area (TPSA) is 70.4 Å². The molecule has 156 valence electrons. The Kier molecular flexibility index (Phi) is 4.77. The first-order valence-corrected chi connectivity index (χ1v) is 10.6. The zero-order valence-electron chi connectivity index (χ0n) is 17.6. The largest absolute Gasteiger partial charge is 0.362 e. The van der Waals surface area contributed by atoms with E-state index in [2.05, 4.69) is 50.0 Å². The molecule has 0 bridgehead atoms. The smallest absolute Gasteiger partial charge is 0.242 e. The van der Waals surface area contributed by atoms with Crippen molar-refractivity contribution in [1.82, 2.24) is 24.6 Å². The number of hydrogen-bond acceptors (Lipinski definition) is 6. The van der Waals surface area contributed by atoms with Gasteiger partial charge in [-0.2, -0.15) is 5.10 Å². The maximum Gasteiger partial charge on any atom is 0.242 e. The Hall–Kier alpha value is -3.16. The van der Waals surface area contributed by atoms with Crippen molar-refractivity contribution in [3.8, 4) is 0 Å². The van der Waals surface area contributed by atoms with Crippen LogP contribution in [-0.2, 0) is 18.3 Å². The molecule has 5 rings (SSSR count). The number of nitrogens with zero attached hydrogens (tertiary/aromatic N) is 7. The van der Waals surface area contributed by atoms with E-state index in [1.165, 1.54) is 16.8 Å². The second-order valence-electron chi connectivity index (χ2n) is 8.23. The summed E-state index contributed by atoms with van der Waals surface area (Å²) in [6.45, 7) is 6.47. The average molecular weight is 406 g/mol. The highest BCUT2D eigenvalue weighted by molar-refractivity contribution is 5.87. The minimum atomic E-state index is 0.206. The van der Waals surface area contributed by atoms with Crippen LogP contribution in [0.4, 0.5) is 11.5 Å². The van der Waals surface area contributed by atoms with Crippen LogP contribution in [0.2, 0.25) is 0 Å². The molecular formula is C22H27N7O. The highest BCUT2D eigenvalue weighted by atomic mass is 16.2. The van der Waals surface area contributed by atoms with Crippen molar-refractivity contribution >= 4 is 28.4 Å². The molecule has 4 heterocycles. The first-order valence-electron chi connectivity index (χ1n) is 10.6. The van der Waals surface area contributed by atoms with Gasteiger partial charge in [-0.1, -0.05) is 17.7 Å². The van der Waals surface area contributed by atoms with Crippen molar-refractivity contribution in [3.05, 3.63) is 41.9 Å². The quantitative estimate of drug-likeness (QED) is 0.662. The van der Waals surface area contributed by atoms with Gasteiger partial charge in [0.25, 0.3) is 0 Å². The lowest BCUT2D eigenvalue weighted by atomic mass is 9.99. The van der Waals surface area contributed by atoms with E-state index in [9.17, 15) is 4.79 Å². The minimum Gasteiger partial charge on any atom is -0.362 e. The number of benzene rings is 1. The number of carbonyl (C=O) groups excluding carboxylic acids is 1. The molecule has 3 aromatic rings. The van der Waals surface area contributed by atoms with Crippen LogP contribution in [0.1, 0.15) is 17.5 Å². The lowest BCUT2D eigenvalue weighted by Crippen LogP contribution is -2.52. The summed E-state index contributed by atoms with van der Waals surface area (Å²) in [6.07, 6.45) is 5.61. The van der Waals surface area contributed by atoms with Gasteiger partial charge in [0.1, 0.15) is 12.1 Å². The maximum atomic E-state index is 13.0. The van der Waals surface area contributed by atoms with E-state index in [1.54, 1.807) is 11.0 Å². The summed E-state index contributed by atoms with van der Waals surface area (Å²) in [5.74, 6) is 1.11. The molecule has 8 heteroatoms. The van der Waals surface area contributed by atoms with Gasteiger partial charge in [0, 0.05) is 45.5 Å². The Morgan fingerprint density at radius 1 is 1.10 bits per heavy atom. The van der Waals surface area contributed by atoms with Crippen molar-refractivity contribution in [1.29, 1.82) is 0 Å². The van der Waals surface area contributed by atoms with E-state index >= 15 is 0 Å². The lowest BCUT2D eigenvalue weighted by molar-refractivity contribution is -0.130. The first kappa shape index (κ1) is 18.8. The molecule has 2 aliphatic rings. The fourth-order valence-electron chi connectivity index (χ4n) is 4.60. The van der Waals surface area contributed by atoms with Gasteiger partial charge in [-0.05, 0) is 31.4 Å². The number of carbonyl (C=O) groups is 1. The molecule has 1 aromatic carbocycles. The van der Waals surface area contributed by atoms with Gasteiger partial charge in [-0.25, -0.2) is 9.97 Å². The van der Waals surface area contributed by atoms with Crippen LogP contribution in [0.15, 0.2) is 30.7 Å². The van der Waals surface area contributed by atoms with Crippen LogP contribution >= 0.6 is 0 Å². The van der Waals surface area contributed by atoms with E-state index in [1.807, 2.05) is 18.1 Å². The highest BCUT2D eigenvalue weighted by Gasteiger charge is 2.26. The molecule has 2 aromatic heterocycles. The van der Waals surface area contributed by atoms with Gasteiger partial charge < -0.3 is 14.7 Å². The average Bonchev–Trinajstić information content (AvgIpc) is 3.15. The van der Waals surface area contributed by atoms with E-state index in [0.29, 0.717) is 19.6 Å². The second kappa shape index (κ2) is 7.59. The van der Waals surface area contributed by atoms with E-state index in [0.717, 1.165) is 49.3 Å². The van der Waals surface area contributed by atoms with Crippen molar-refractivity contribution in [2.75, 3.05) is 49.1 Å². The fraction of sp³-hybridized carbons (Fsp3) is 0.455. The molecule has 1 amide bonds. The SMILES string of the molecule is Cc1ccc2c(c1)CCCN2CC(=O)N1CCN(c2ncnc3c2cnn3C)CC1. The van der Waals surface area contributed by atoms with Crippen LogP contribution in [0.5, 0.6) is 0 Å². The number of anilines is 2. The lowest BCUT2D eigenvalue weighted by Gasteiger charge is -2.37. The second-order valence-corrected chi connectivity index (χ2v) is 8.23.